The van der Waals surface area contributed by atoms with Gasteiger partial charge >= 0.3 is 37.7 Å². The topological polar surface area (TPSA) is 97.4 Å². The first kappa shape index (κ1) is 25.8. The average Bonchev–Trinajstić information content (AvgIpc) is 1.78. The molecule has 2 N–H and O–H groups in total. The maximum Gasteiger partial charge on any atom is 2.00 e. The maximum absolute atomic E-state index is 7.10. The normalized spacial score (nSPS) is 1.38. The molecule has 8 heavy (non-hydrogen) atoms. The van der Waals surface area contributed by atoms with Gasteiger partial charge in [-0.15, -0.1) is 0 Å². The fourth-order valence-corrected chi connectivity index (χ4v) is 0. The predicted molar refractivity (Wildman–Crippen MR) is 25.5 cm³/mol. The first-order valence-electron chi connectivity index (χ1n) is 0.959. The van der Waals surface area contributed by atoms with Crippen molar-refractivity contribution < 1.29 is 0 Å². The van der Waals surface area contributed by atoms with Gasteiger partial charge in [0.05, 0.1) is 0 Å². The molecule has 0 bridgehead atoms. The number of rotatable bonds is 0. The summed E-state index contributed by atoms with van der Waals surface area (Å²) in [5, 5.41) is 19.6. The van der Waals surface area contributed by atoms with Crippen molar-refractivity contribution in [3.63, 3.8) is 0 Å². The fraction of sp³-hybridized carbons (Fsp3) is 0. The molecule has 0 radical (unpaired) electrons. The summed E-state index contributed by atoms with van der Waals surface area (Å²) in [5.41, 5.74) is 4.15. The minimum atomic E-state index is 0. The minimum Gasteiger partial charge on any atom is -0.512 e. The van der Waals surface area contributed by atoms with Gasteiger partial charge in [-0.3, -0.25) is 0 Å². The van der Waals surface area contributed by atoms with E-state index < -0.39 is 0 Å². The Hall–Kier alpha value is -0.470. The van der Waals surface area contributed by atoms with Gasteiger partial charge in [0.25, 0.3) is 0 Å². The molecule has 0 amide bonds. The summed E-state index contributed by atoms with van der Waals surface area (Å²) < 4.78 is 0. The number of nitriles is 1. The van der Waals surface area contributed by atoms with Gasteiger partial charge in [-0.2, -0.15) is 5.26 Å². The molecule has 5 heteroatoms. The molecule has 0 fully saturated rings. The second-order valence-corrected chi connectivity index (χ2v) is 0.129. The summed E-state index contributed by atoms with van der Waals surface area (Å²) in [6.45, 7) is 9.50. The van der Waals surface area contributed by atoms with Crippen LogP contribution in [0, 0.1) is 35.1 Å². The zero-order valence-corrected chi connectivity index (χ0v) is 6.33. The van der Waals surface area contributed by atoms with Crippen LogP contribution in [0.25, 0.3) is 0 Å². The molecule has 0 spiro atoms. The molecular formula is C3H2CaN4. The molecule has 4 nitrogen and oxygen atoms in total. The van der Waals surface area contributed by atoms with Gasteiger partial charge < -0.3 is 29.4 Å². The van der Waals surface area contributed by atoms with E-state index in [-0.39, 0.29) is 37.7 Å². The fourth-order valence-electron chi connectivity index (χ4n) is 0. The van der Waals surface area contributed by atoms with E-state index in [4.69, 9.17) is 28.9 Å². The van der Waals surface area contributed by atoms with E-state index in [1.165, 1.54) is 6.19 Å². The molecule has 0 rings (SSSR count). The van der Waals surface area contributed by atoms with Crippen LogP contribution in [0.1, 0.15) is 0 Å². The predicted octanol–water partition coefficient (Wildman–Crippen LogP) is -0.762. The Balaban J connectivity index is -0.0000000147. The van der Waals surface area contributed by atoms with Gasteiger partial charge in [0, 0.05) is 0 Å². The van der Waals surface area contributed by atoms with Gasteiger partial charge in [-0.05, 0) is 0 Å². The summed E-state index contributed by atoms with van der Waals surface area (Å²) in [4.78, 5) is 0. The molecule has 0 unspecified atom stereocenters. The van der Waals surface area contributed by atoms with E-state index in [1.807, 2.05) is 0 Å². The molecule has 0 saturated carbocycles. The second kappa shape index (κ2) is 712. The van der Waals surface area contributed by atoms with E-state index >= 15 is 0 Å². The van der Waals surface area contributed by atoms with Gasteiger partial charge in [0.15, 0.2) is 6.19 Å². The van der Waals surface area contributed by atoms with E-state index in [1.54, 1.807) is 0 Å². The Bertz CT molecular complexity index is 72.3. The number of nitrogens with zero attached hydrogens (tertiary/aromatic N) is 3. The van der Waals surface area contributed by atoms with Crippen molar-refractivity contribution in [2.45, 2.75) is 0 Å². The standard InChI is InChI=1S/CH2N2.2CN.Ca/c2-1-3;2*1-2;/h2H2;;;/q;2*-1;+2. The molecule has 0 saturated heterocycles. The van der Waals surface area contributed by atoms with Crippen LogP contribution in [0.15, 0.2) is 0 Å². The summed E-state index contributed by atoms with van der Waals surface area (Å²) in [6.07, 6.45) is 1.25. The van der Waals surface area contributed by atoms with Crippen molar-refractivity contribution in [1.82, 2.24) is 0 Å². The van der Waals surface area contributed by atoms with Crippen molar-refractivity contribution in [3.8, 4) is 6.19 Å². The van der Waals surface area contributed by atoms with Crippen LogP contribution in [0.4, 0.5) is 0 Å². The minimum absolute atomic E-state index is 0. The smallest absolute Gasteiger partial charge is 0.512 e. The average molecular weight is 134 g/mol. The van der Waals surface area contributed by atoms with Crippen LogP contribution in [0.5, 0.6) is 0 Å². The van der Waals surface area contributed by atoms with E-state index in [0.717, 1.165) is 0 Å². The second-order valence-electron chi connectivity index (χ2n) is 0.129. The summed E-state index contributed by atoms with van der Waals surface area (Å²) >= 11 is 0. The van der Waals surface area contributed by atoms with Crippen LogP contribution < -0.4 is 5.73 Å². The van der Waals surface area contributed by atoms with Crippen LogP contribution in [-0.4, -0.2) is 37.7 Å². The molecule has 0 aromatic rings. The Morgan fingerprint density at radius 2 is 1.12 bits per heavy atom. The third-order valence-corrected chi connectivity index (χ3v) is 0. The molecule has 0 aliphatic rings. The zero-order valence-electron chi connectivity index (χ0n) is 4.13. The Kier molecular flexibility index (Phi) is 2290. The van der Waals surface area contributed by atoms with Gasteiger partial charge in [-0.1, -0.05) is 0 Å². The summed E-state index contributed by atoms with van der Waals surface area (Å²) in [7, 11) is 0. The first-order valence-corrected chi connectivity index (χ1v) is 0.959. The van der Waals surface area contributed by atoms with E-state index in [9.17, 15) is 0 Å². The molecule has 0 aromatic heterocycles. The summed E-state index contributed by atoms with van der Waals surface area (Å²) in [5.74, 6) is 0. The Morgan fingerprint density at radius 1 is 1.12 bits per heavy atom. The number of nitrogens with two attached hydrogens (primary N) is 1. The number of hydrogen-bond acceptors (Lipinski definition) is 4. The van der Waals surface area contributed by atoms with Gasteiger partial charge in [0.2, 0.25) is 0 Å². The van der Waals surface area contributed by atoms with Crippen LogP contribution >= 0.6 is 0 Å². The molecule has 0 heterocycles. The third kappa shape index (κ3) is 513. The van der Waals surface area contributed by atoms with E-state index in [2.05, 4.69) is 5.73 Å². The third-order valence-electron chi connectivity index (χ3n) is 0. The van der Waals surface area contributed by atoms with Crippen molar-refractivity contribution in [1.29, 1.82) is 15.8 Å². The first-order chi connectivity index (χ1) is 3.41. The van der Waals surface area contributed by atoms with Crippen LogP contribution in [-0.2, 0) is 0 Å². The molecule has 0 atom stereocenters. The maximum atomic E-state index is 7.10. The summed E-state index contributed by atoms with van der Waals surface area (Å²) in [6, 6.07) is 0. The van der Waals surface area contributed by atoms with Gasteiger partial charge in [-0.25, -0.2) is 0 Å². The SMILES string of the molecule is N#CN.[C-]#N.[C-]#N.[Ca+2]. The van der Waals surface area contributed by atoms with Gasteiger partial charge in [0.1, 0.15) is 0 Å². The largest absolute Gasteiger partial charge is 2.00 e. The molecule has 36 valence electrons. The quantitative estimate of drug-likeness (QED) is 0.204. The van der Waals surface area contributed by atoms with Crippen molar-refractivity contribution in [3.05, 3.63) is 13.1 Å². The van der Waals surface area contributed by atoms with Crippen molar-refractivity contribution >= 4 is 37.7 Å². The molecule has 0 aliphatic heterocycles. The van der Waals surface area contributed by atoms with Crippen LogP contribution in [0.3, 0.4) is 0 Å². The number of hydrogen-bond donors (Lipinski definition) is 1. The zero-order chi connectivity index (χ0) is 6.71. The van der Waals surface area contributed by atoms with E-state index in [0.29, 0.717) is 0 Å². The van der Waals surface area contributed by atoms with Crippen molar-refractivity contribution in [2.24, 2.45) is 5.73 Å². The molecular weight excluding hydrogens is 132 g/mol. The Morgan fingerprint density at radius 3 is 1.12 bits per heavy atom. The van der Waals surface area contributed by atoms with Crippen molar-refractivity contribution in [2.75, 3.05) is 0 Å². The van der Waals surface area contributed by atoms with Crippen LogP contribution in [0.2, 0.25) is 0 Å². The molecule has 0 aromatic carbocycles. The Labute approximate surface area is 78.1 Å². The monoisotopic (exact) mass is 134 g/mol. The molecule has 0 aliphatic carbocycles.